The molecule has 0 unspecified atom stereocenters. The Bertz CT molecular complexity index is 551. The van der Waals surface area contributed by atoms with E-state index in [4.69, 9.17) is 13.9 Å². The number of ether oxygens (including phenoxy) is 2. The lowest BCUT2D eigenvalue weighted by molar-refractivity contribution is 0.0218. The van der Waals surface area contributed by atoms with Crippen LogP contribution >= 0.6 is 0 Å². The molecule has 0 heterocycles. The predicted molar refractivity (Wildman–Crippen MR) is 119 cm³/mol. The van der Waals surface area contributed by atoms with Gasteiger partial charge in [-0.15, -0.1) is 0 Å². The van der Waals surface area contributed by atoms with Crippen LogP contribution in [0.25, 0.3) is 0 Å². The minimum Gasteiger partial charge on any atom is -0.497 e. The molecule has 1 rings (SSSR count). The van der Waals surface area contributed by atoms with Crippen molar-refractivity contribution in [3.05, 3.63) is 29.8 Å². The lowest BCUT2D eigenvalue weighted by Crippen LogP contribution is -2.41. The van der Waals surface area contributed by atoms with Crippen LogP contribution in [0.2, 0.25) is 18.1 Å². The largest absolute Gasteiger partial charge is 0.497 e. The van der Waals surface area contributed by atoms with Crippen LogP contribution in [0.4, 0.5) is 0 Å². The fourth-order valence-corrected chi connectivity index (χ4v) is 3.72. The first-order valence-corrected chi connectivity index (χ1v) is 13.4. The Morgan fingerprint density at radius 2 is 1.61 bits per heavy atom. The van der Waals surface area contributed by atoms with Crippen molar-refractivity contribution in [2.75, 3.05) is 20.3 Å². The minimum atomic E-state index is -1.69. The summed E-state index contributed by atoms with van der Waals surface area (Å²) < 4.78 is 17.3. The van der Waals surface area contributed by atoms with E-state index in [-0.39, 0.29) is 17.1 Å². The Kier molecular flexibility index (Phi) is 10.2. The van der Waals surface area contributed by atoms with Crippen molar-refractivity contribution >= 4 is 8.32 Å². The topological polar surface area (TPSA) is 47.9 Å². The van der Waals surface area contributed by atoms with Gasteiger partial charge in [0.2, 0.25) is 0 Å². The first-order valence-electron chi connectivity index (χ1n) is 10.5. The van der Waals surface area contributed by atoms with E-state index in [0.29, 0.717) is 19.1 Å². The zero-order valence-electron chi connectivity index (χ0n) is 19.2. The summed E-state index contributed by atoms with van der Waals surface area (Å²) in [5.41, 5.74) is 1.11. The Hall–Kier alpha value is -0.883. The highest BCUT2D eigenvalue weighted by Crippen LogP contribution is 2.37. The summed E-state index contributed by atoms with van der Waals surface area (Å²) in [6, 6.07) is 7.88. The van der Waals surface area contributed by atoms with E-state index in [1.54, 1.807) is 7.11 Å². The van der Waals surface area contributed by atoms with E-state index in [1.807, 2.05) is 24.3 Å². The quantitative estimate of drug-likeness (QED) is 0.453. The van der Waals surface area contributed by atoms with Gasteiger partial charge in [-0.05, 0) is 54.6 Å². The smallest absolute Gasteiger partial charge is 0.191 e. The molecule has 1 N–H and O–H groups in total. The van der Waals surface area contributed by atoms with Gasteiger partial charge in [0.15, 0.2) is 8.32 Å². The van der Waals surface area contributed by atoms with Crippen molar-refractivity contribution < 1.29 is 19.0 Å². The fraction of sp³-hybridized carbons (Fsp3) is 0.739. The number of hydrogen-bond acceptors (Lipinski definition) is 4. The normalized spacial score (nSPS) is 15.9. The van der Waals surface area contributed by atoms with Crippen LogP contribution in [0.15, 0.2) is 24.3 Å². The standard InChI is InChI=1S/C23H42O4Si/c1-18(15-27-28(7,8)23(3,4)5)9-14-22(24)19(2)16-26-17-20-10-12-21(25-6)13-11-20/h10-13,18-19,22,24H,9,14-17H2,1-8H3/t18-,19-,22+/m1/s1. The second-order valence-electron chi connectivity index (χ2n) is 9.66. The third-order valence-corrected chi connectivity index (χ3v) is 10.5. The SMILES string of the molecule is COc1ccc(COC[C@@H](C)[C@@H](O)CC[C@@H](C)CO[Si](C)(C)C(C)(C)C)cc1. The second-order valence-corrected chi connectivity index (χ2v) is 14.5. The lowest BCUT2D eigenvalue weighted by Gasteiger charge is -2.37. The molecule has 0 aromatic heterocycles. The Balaban J connectivity index is 2.27. The van der Waals surface area contributed by atoms with E-state index in [2.05, 4.69) is 47.7 Å². The van der Waals surface area contributed by atoms with Crippen LogP contribution in [-0.4, -0.2) is 39.9 Å². The van der Waals surface area contributed by atoms with Crippen molar-refractivity contribution in [1.82, 2.24) is 0 Å². The predicted octanol–water partition coefficient (Wildman–Crippen LogP) is 5.65. The zero-order chi connectivity index (χ0) is 21.4. The molecule has 3 atom stereocenters. The number of aliphatic hydroxyl groups excluding tert-OH is 1. The fourth-order valence-electron chi connectivity index (χ4n) is 2.59. The van der Waals surface area contributed by atoms with Crippen molar-refractivity contribution in [2.24, 2.45) is 11.8 Å². The average Bonchev–Trinajstić information content (AvgIpc) is 2.64. The summed E-state index contributed by atoms with van der Waals surface area (Å²) >= 11 is 0. The van der Waals surface area contributed by atoms with Gasteiger partial charge in [-0.3, -0.25) is 0 Å². The van der Waals surface area contributed by atoms with Crippen LogP contribution in [-0.2, 0) is 15.8 Å². The molecule has 0 bridgehead atoms. The molecule has 1 aromatic carbocycles. The second kappa shape index (κ2) is 11.3. The molecule has 5 heteroatoms. The van der Waals surface area contributed by atoms with Gasteiger partial charge in [0.05, 0.1) is 26.4 Å². The van der Waals surface area contributed by atoms with Crippen LogP contribution in [0.5, 0.6) is 5.75 Å². The highest BCUT2D eigenvalue weighted by molar-refractivity contribution is 6.74. The van der Waals surface area contributed by atoms with E-state index in [0.717, 1.165) is 30.8 Å². The van der Waals surface area contributed by atoms with Gasteiger partial charge in [0.1, 0.15) is 5.75 Å². The lowest BCUT2D eigenvalue weighted by atomic mass is 9.97. The third-order valence-electron chi connectivity index (χ3n) is 5.96. The molecular weight excluding hydrogens is 368 g/mol. The number of methoxy groups -OCH3 is 1. The van der Waals surface area contributed by atoms with Gasteiger partial charge >= 0.3 is 0 Å². The van der Waals surface area contributed by atoms with Crippen LogP contribution in [0.3, 0.4) is 0 Å². The molecule has 0 aliphatic heterocycles. The maximum Gasteiger partial charge on any atom is 0.191 e. The maximum atomic E-state index is 10.5. The molecule has 0 saturated heterocycles. The van der Waals surface area contributed by atoms with Crippen molar-refractivity contribution in [3.63, 3.8) is 0 Å². The molecule has 0 radical (unpaired) electrons. The molecule has 1 aromatic rings. The van der Waals surface area contributed by atoms with E-state index >= 15 is 0 Å². The molecule has 0 saturated carbocycles. The number of hydrogen-bond donors (Lipinski definition) is 1. The van der Waals surface area contributed by atoms with Crippen LogP contribution in [0, 0.1) is 11.8 Å². The van der Waals surface area contributed by atoms with Crippen molar-refractivity contribution in [1.29, 1.82) is 0 Å². The molecule has 0 aliphatic rings. The Morgan fingerprint density at radius 3 is 2.14 bits per heavy atom. The first kappa shape index (κ1) is 25.2. The molecule has 0 fully saturated rings. The molecule has 0 amide bonds. The van der Waals surface area contributed by atoms with Crippen LogP contribution < -0.4 is 4.74 Å². The number of benzene rings is 1. The molecule has 162 valence electrons. The summed E-state index contributed by atoms with van der Waals surface area (Å²) in [6.45, 7) is 17.5. The molecule has 28 heavy (non-hydrogen) atoms. The van der Waals surface area contributed by atoms with E-state index in [9.17, 15) is 5.11 Å². The maximum absolute atomic E-state index is 10.5. The molecule has 0 spiro atoms. The summed E-state index contributed by atoms with van der Waals surface area (Å²) in [6.07, 6.45) is 1.42. The number of aliphatic hydroxyl groups is 1. The molecule has 0 aliphatic carbocycles. The average molecular weight is 411 g/mol. The van der Waals surface area contributed by atoms with Gasteiger partial charge in [-0.25, -0.2) is 0 Å². The Labute approximate surface area is 173 Å². The van der Waals surface area contributed by atoms with Crippen molar-refractivity contribution in [3.8, 4) is 5.75 Å². The first-order chi connectivity index (χ1) is 13.0. The van der Waals surface area contributed by atoms with Gasteiger partial charge in [0.25, 0.3) is 0 Å². The highest BCUT2D eigenvalue weighted by Gasteiger charge is 2.37. The van der Waals surface area contributed by atoms with Gasteiger partial charge in [0, 0.05) is 12.5 Å². The van der Waals surface area contributed by atoms with Gasteiger partial charge in [-0.1, -0.05) is 46.8 Å². The van der Waals surface area contributed by atoms with Gasteiger partial charge in [-0.2, -0.15) is 0 Å². The third kappa shape index (κ3) is 8.64. The van der Waals surface area contributed by atoms with E-state index in [1.165, 1.54) is 0 Å². The van der Waals surface area contributed by atoms with Gasteiger partial charge < -0.3 is 19.0 Å². The summed E-state index contributed by atoms with van der Waals surface area (Å²) in [4.78, 5) is 0. The minimum absolute atomic E-state index is 0.117. The summed E-state index contributed by atoms with van der Waals surface area (Å²) in [7, 11) is -0.0304. The summed E-state index contributed by atoms with van der Waals surface area (Å²) in [5, 5.41) is 10.7. The van der Waals surface area contributed by atoms with Crippen molar-refractivity contribution in [2.45, 2.75) is 78.3 Å². The monoisotopic (exact) mass is 410 g/mol. The molecular formula is C23H42O4Si. The Morgan fingerprint density at radius 1 is 1.00 bits per heavy atom. The van der Waals surface area contributed by atoms with E-state index < -0.39 is 8.32 Å². The summed E-state index contributed by atoms with van der Waals surface area (Å²) in [5.74, 6) is 1.42. The van der Waals surface area contributed by atoms with Crippen LogP contribution in [0.1, 0.15) is 53.0 Å². The zero-order valence-corrected chi connectivity index (χ0v) is 20.2. The number of rotatable bonds is 12. The molecule has 4 nitrogen and oxygen atoms in total. The highest BCUT2D eigenvalue weighted by atomic mass is 28.4.